The van der Waals surface area contributed by atoms with E-state index >= 15 is 0 Å². The third-order valence-electron chi connectivity index (χ3n) is 6.45. The lowest BCUT2D eigenvalue weighted by Gasteiger charge is -2.30. The van der Waals surface area contributed by atoms with Gasteiger partial charge in [-0.25, -0.2) is 9.37 Å². The van der Waals surface area contributed by atoms with Crippen molar-refractivity contribution in [3.63, 3.8) is 0 Å². The lowest BCUT2D eigenvalue weighted by atomic mass is 9.84. The molecule has 0 bridgehead atoms. The van der Waals surface area contributed by atoms with Crippen LogP contribution in [0.15, 0.2) is 42.6 Å². The van der Waals surface area contributed by atoms with Crippen molar-refractivity contribution in [2.75, 3.05) is 14.2 Å². The highest BCUT2D eigenvalue weighted by molar-refractivity contribution is 5.80. The van der Waals surface area contributed by atoms with Gasteiger partial charge in [0.05, 0.1) is 25.0 Å². The van der Waals surface area contributed by atoms with Gasteiger partial charge >= 0.3 is 0 Å². The Bertz CT molecular complexity index is 1190. The van der Waals surface area contributed by atoms with Crippen molar-refractivity contribution in [1.82, 2.24) is 19.6 Å². The number of nitrogens with zero attached hydrogens (tertiary/aromatic N) is 3. The number of pyridine rings is 1. The van der Waals surface area contributed by atoms with E-state index in [0.29, 0.717) is 38.6 Å². The van der Waals surface area contributed by atoms with Gasteiger partial charge in [0.15, 0.2) is 11.6 Å². The monoisotopic (exact) mass is 452 g/mol. The first-order chi connectivity index (χ1) is 15.8. The number of aromatic nitrogens is 2. The number of fused-ring (bicyclic) bond motifs is 1. The standard InChI is InChI=1S/C25H29FN4O3/c1-17-20(30-13-5-4-6-22(30)27-17)16-29(2)24(32)10-12-25(11-9-23(31)28-25)15-18-7-8-19(26)21(14-18)33-3/h4-8,13-14H,9-12,15-16H2,1-3H3,(H,28,31)/t25-/m0/s1. The molecule has 0 spiro atoms. The number of nitrogens with one attached hydrogen (secondary N) is 1. The lowest BCUT2D eigenvalue weighted by Crippen LogP contribution is -2.44. The second-order valence-electron chi connectivity index (χ2n) is 8.80. The van der Waals surface area contributed by atoms with Crippen LogP contribution in [0, 0.1) is 12.7 Å². The topological polar surface area (TPSA) is 75.9 Å². The molecule has 1 fully saturated rings. The summed E-state index contributed by atoms with van der Waals surface area (Å²) in [6.07, 6.45) is 4.32. The summed E-state index contributed by atoms with van der Waals surface area (Å²) in [5.74, 6) is -0.278. The molecule has 0 radical (unpaired) electrons. The molecule has 7 nitrogen and oxygen atoms in total. The fraction of sp³-hybridized carbons (Fsp3) is 0.400. The number of rotatable bonds is 8. The van der Waals surface area contributed by atoms with E-state index in [0.717, 1.165) is 22.6 Å². The van der Waals surface area contributed by atoms with Gasteiger partial charge in [0, 0.05) is 31.6 Å². The molecule has 1 atom stereocenters. The highest BCUT2D eigenvalue weighted by atomic mass is 19.1. The van der Waals surface area contributed by atoms with Crippen LogP contribution in [0.2, 0.25) is 0 Å². The minimum absolute atomic E-state index is 0.00232. The summed E-state index contributed by atoms with van der Waals surface area (Å²) in [5, 5.41) is 3.08. The first-order valence-corrected chi connectivity index (χ1v) is 11.1. The van der Waals surface area contributed by atoms with Gasteiger partial charge in [-0.05, 0) is 56.0 Å². The molecule has 1 N–H and O–H groups in total. The molecule has 1 aliphatic rings. The highest BCUT2D eigenvalue weighted by Gasteiger charge is 2.38. The van der Waals surface area contributed by atoms with Crippen LogP contribution in [0.1, 0.15) is 42.6 Å². The van der Waals surface area contributed by atoms with Gasteiger partial charge < -0.3 is 19.4 Å². The van der Waals surface area contributed by atoms with Gasteiger partial charge in [-0.3, -0.25) is 9.59 Å². The Morgan fingerprint density at radius 3 is 2.88 bits per heavy atom. The number of ether oxygens (including phenoxy) is 1. The Balaban J connectivity index is 1.45. The van der Waals surface area contributed by atoms with Gasteiger partial charge in [-0.1, -0.05) is 12.1 Å². The molecule has 33 heavy (non-hydrogen) atoms. The SMILES string of the molecule is COc1cc(C[C@@]2(CCC(=O)N(C)Cc3c(C)nc4ccccn34)CCC(=O)N2)ccc1F. The summed E-state index contributed by atoms with van der Waals surface area (Å²) in [6.45, 7) is 2.39. The number of imidazole rings is 1. The molecule has 174 valence electrons. The maximum absolute atomic E-state index is 13.8. The van der Waals surface area contributed by atoms with E-state index in [1.807, 2.05) is 35.7 Å². The van der Waals surface area contributed by atoms with Crippen molar-refractivity contribution < 1.29 is 18.7 Å². The van der Waals surface area contributed by atoms with Crippen LogP contribution in [0.3, 0.4) is 0 Å². The smallest absolute Gasteiger partial charge is 0.222 e. The minimum atomic E-state index is -0.532. The normalized spacial score (nSPS) is 17.9. The van der Waals surface area contributed by atoms with Gasteiger partial charge in [-0.15, -0.1) is 0 Å². The number of hydrogen-bond acceptors (Lipinski definition) is 4. The maximum atomic E-state index is 13.8. The molecule has 1 aromatic carbocycles. The second kappa shape index (κ2) is 9.21. The molecule has 8 heteroatoms. The van der Waals surface area contributed by atoms with Gasteiger partial charge in [0.2, 0.25) is 11.8 Å². The van der Waals surface area contributed by atoms with Gasteiger partial charge in [0.25, 0.3) is 0 Å². The van der Waals surface area contributed by atoms with Crippen LogP contribution in [0.25, 0.3) is 5.65 Å². The predicted octanol–water partition coefficient (Wildman–Crippen LogP) is 3.42. The number of aryl methyl sites for hydroxylation is 1. The zero-order valence-corrected chi connectivity index (χ0v) is 19.2. The number of methoxy groups -OCH3 is 1. The van der Waals surface area contributed by atoms with E-state index in [1.54, 1.807) is 24.1 Å². The summed E-state index contributed by atoms with van der Waals surface area (Å²) < 4.78 is 20.9. The summed E-state index contributed by atoms with van der Waals surface area (Å²) in [6, 6.07) is 10.5. The number of benzene rings is 1. The summed E-state index contributed by atoms with van der Waals surface area (Å²) in [5.41, 5.74) is 3.05. The highest BCUT2D eigenvalue weighted by Crippen LogP contribution is 2.31. The fourth-order valence-corrected chi connectivity index (χ4v) is 4.59. The molecule has 0 unspecified atom stereocenters. The number of carbonyl (C=O) groups excluding carboxylic acids is 2. The summed E-state index contributed by atoms with van der Waals surface area (Å²) in [7, 11) is 3.21. The van der Waals surface area contributed by atoms with E-state index in [2.05, 4.69) is 10.3 Å². The first-order valence-electron chi connectivity index (χ1n) is 11.1. The van der Waals surface area contributed by atoms with E-state index in [1.165, 1.54) is 13.2 Å². The molecular weight excluding hydrogens is 423 g/mol. The van der Waals surface area contributed by atoms with Crippen molar-refractivity contribution in [2.45, 2.75) is 51.1 Å². The van der Waals surface area contributed by atoms with Crippen LogP contribution in [-0.2, 0) is 22.6 Å². The zero-order valence-electron chi connectivity index (χ0n) is 19.2. The van der Waals surface area contributed by atoms with Crippen LogP contribution in [-0.4, -0.2) is 45.8 Å². The molecule has 4 rings (SSSR count). The Morgan fingerprint density at radius 1 is 1.33 bits per heavy atom. The van der Waals surface area contributed by atoms with Gasteiger partial charge in [0.1, 0.15) is 5.65 Å². The molecular formula is C25H29FN4O3. The van der Waals surface area contributed by atoms with Crippen molar-refractivity contribution in [1.29, 1.82) is 0 Å². The van der Waals surface area contributed by atoms with E-state index in [-0.39, 0.29) is 17.6 Å². The van der Waals surface area contributed by atoms with Crippen molar-refractivity contribution >= 4 is 17.5 Å². The van der Waals surface area contributed by atoms with E-state index in [4.69, 9.17) is 4.74 Å². The first kappa shape index (κ1) is 22.8. The van der Waals surface area contributed by atoms with Crippen molar-refractivity contribution in [2.24, 2.45) is 0 Å². The third-order valence-corrected chi connectivity index (χ3v) is 6.45. The van der Waals surface area contributed by atoms with Crippen molar-refractivity contribution in [3.05, 3.63) is 65.4 Å². The molecule has 0 saturated carbocycles. The van der Waals surface area contributed by atoms with Crippen LogP contribution in [0.5, 0.6) is 5.75 Å². The van der Waals surface area contributed by atoms with Gasteiger partial charge in [-0.2, -0.15) is 0 Å². The molecule has 1 saturated heterocycles. The predicted molar refractivity (Wildman–Crippen MR) is 122 cm³/mol. The Morgan fingerprint density at radius 2 is 2.15 bits per heavy atom. The lowest BCUT2D eigenvalue weighted by molar-refractivity contribution is -0.131. The van der Waals surface area contributed by atoms with E-state index < -0.39 is 11.4 Å². The maximum Gasteiger partial charge on any atom is 0.222 e. The van der Waals surface area contributed by atoms with Crippen molar-refractivity contribution in [3.8, 4) is 5.75 Å². The molecule has 2 aromatic heterocycles. The summed E-state index contributed by atoms with van der Waals surface area (Å²) in [4.78, 5) is 31.4. The van der Waals surface area contributed by atoms with Crippen LogP contribution in [0.4, 0.5) is 4.39 Å². The number of halogens is 1. The Hall–Kier alpha value is -3.42. The second-order valence-corrected chi connectivity index (χ2v) is 8.80. The number of amides is 2. The fourth-order valence-electron chi connectivity index (χ4n) is 4.59. The molecule has 0 aliphatic carbocycles. The number of hydrogen-bond donors (Lipinski definition) is 1. The third kappa shape index (κ3) is 4.84. The Kier molecular flexibility index (Phi) is 6.35. The van der Waals surface area contributed by atoms with Crippen LogP contribution >= 0.6 is 0 Å². The number of carbonyl (C=O) groups is 2. The summed E-state index contributed by atoms with van der Waals surface area (Å²) >= 11 is 0. The van der Waals surface area contributed by atoms with Crippen LogP contribution < -0.4 is 10.1 Å². The quantitative estimate of drug-likeness (QED) is 0.568. The molecule has 2 amide bonds. The largest absolute Gasteiger partial charge is 0.494 e. The Labute approximate surface area is 192 Å². The zero-order chi connectivity index (χ0) is 23.6. The average molecular weight is 453 g/mol. The average Bonchev–Trinajstić information content (AvgIpc) is 3.32. The molecule has 3 aromatic rings. The minimum Gasteiger partial charge on any atom is -0.494 e. The molecule has 1 aliphatic heterocycles. The molecule has 3 heterocycles. The van der Waals surface area contributed by atoms with E-state index in [9.17, 15) is 14.0 Å².